The van der Waals surface area contributed by atoms with E-state index in [2.05, 4.69) is 4.72 Å². The van der Waals surface area contributed by atoms with E-state index in [0.717, 1.165) is 4.90 Å². The van der Waals surface area contributed by atoms with Gasteiger partial charge in [0.1, 0.15) is 5.75 Å². The Bertz CT molecular complexity index is 850. The van der Waals surface area contributed by atoms with E-state index in [4.69, 9.17) is 4.74 Å². The van der Waals surface area contributed by atoms with Crippen LogP contribution in [0.5, 0.6) is 5.75 Å². The molecule has 0 atom stereocenters. The molecular formula is C20H27N3O6S. The van der Waals surface area contributed by atoms with Gasteiger partial charge in [0.25, 0.3) is 0 Å². The van der Waals surface area contributed by atoms with Crippen molar-refractivity contribution in [3.8, 4) is 5.75 Å². The molecule has 2 aliphatic heterocycles. The standard InChI is InChI=1S/C20H27N3O6S/c24-18-7-4-8-19(25)23(18)13-14-30(27,28)21-15-16-9-11-22(12-10-16)20(26)29-17-5-2-1-3-6-17/h1-3,5-6,16,21H,4,7-15H2. The number of rotatable bonds is 7. The number of hydrogen-bond donors (Lipinski definition) is 1. The highest BCUT2D eigenvalue weighted by atomic mass is 32.2. The molecule has 0 saturated carbocycles. The maximum absolute atomic E-state index is 12.3. The Morgan fingerprint density at radius 1 is 1.07 bits per heavy atom. The van der Waals surface area contributed by atoms with Crippen LogP contribution in [-0.2, 0) is 19.6 Å². The topological polar surface area (TPSA) is 113 Å². The predicted octanol–water partition coefficient (Wildman–Crippen LogP) is 1.36. The van der Waals surface area contributed by atoms with Gasteiger partial charge in [-0.05, 0) is 37.3 Å². The molecule has 0 aliphatic carbocycles. The molecule has 3 rings (SSSR count). The normalized spacial score (nSPS) is 18.5. The summed E-state index contributed by atoms with van der Waals surface area (Å²) in [6, 6.07) is 8.84. The second kappa shape index (κ2) is 10.0. The summed E-state index contributed by atoms with van der Waals surface area (Å²) in [7, 11) is -3.60. The van der Waals surface area contributed by atoms with Gasteiger partial charge in [0, 0.05) is 39.0 Å². The Kier molecular flexibility index (Phi) is 7.43. The van der Waals surface area contributed by atoms with Gasteiger partial charge in [-0.1, -0.05) is 18.2 Å². The average Bonchev–Trinajstić information content (AvgIpc) is 2.73. The third-order valence-corrected chi connectivity index (χ3v) is 6.71. The van der Waals surface area contributed by atoms with E-state index in [0.29, 0.717) is 38.1 Å². The smallest absolute Gasteiger partial charge is 0.410 e. The molecule has 2 saturated heterocycles. The summed E-state index contributed by atoms with van der Waals surface area (Å²) >= 11 is 0. The number of para-hydroxylation sites is 1. The van der Waals surface area contributed by atoms with Crippen LogP contribution in [0.2, 0.25) is 0 Å². The summed E-state index contributed by atoms with van der Waals surface area (Å²) < 4.78 is 32.4. The van der Waals surface area contributed by atoms with Gasteiger partial charge in [-0.15, -0.1) is 0 Å². The summed E-state index contributed by atoms with van der Waals surface area (Å²) in [6.07, 6.45) is 2.01. The van der Waals surface area contributed by atoms with Gasteiger partial charge in [0.2, 0.25) is 21.8 Å². The first-order chi connectivity index (χ1) is 14.3. The van der Waals surface area contributed by atoms with E-state index in [1.807, 2.05) is 6.07 Å². The van der Waals surface area contributed by atoms with Crippen molar-refractivity contribution in [1.82, 2.24) is 14.5 Å². The number of nitrogens with one attached hydrogen (secondary N) is 1. The van der Waals surface area contributed by atoms with Crippen molar-refractivity contribution in [3.05, 3.63) is 30.3 Å². The van der Waals surface area contributed by atoms with E-state index in [-0.39, 0.29) is 49.4 Å². The lowest BCUT2D eigenvalue weighted by atomic mass is 9.97. The molecule has 2 aliphatic rings. The number of sulfonamides is 1. The Morgan fingerprint density at radius 2 is 1.70 bits per heavy atom. The number of carbonyl (C=O) groups excluding carboxylic acids is 3. The van der Waals surface area contributed by atoms with Gasteiger partial charge in [0.05, 0.1) is 5.75 Å². The highest BCUT2D eigenvalue weighted by Crippen LogP contribution is 2.19. The molecule has 3 amide bonds. The number of piperidine rings is 2. The van der Waals surface area contributed by atoms with E-state index >= 15 is 0 Å². The van der Waals surface area contributed by atoms with Crippen LogP contribution in [0.4, 0.5) is 4.79 Å². The first-order valence-corrected chi connectivity index (χ1v) is 11.8. The predicted molar refractivity (Wildman–Crippen MR) is 109 cm³/mol. The fraction of sp³-hybridized carbons (Fsp3) is 0.550. The fourth-order valence-electron chi connectivity index (χ4n) is 3.55. The van der Waals surface area contributed by atoms with Crippen molar-refractivity contribution in [1.29, 1.82) is 0 Å². The van der Waals surface area contributed by atoms with Crippen molar-refractivity contribution in [2.24, 2.45) is 5.92 Å². The number of imide groups is 1. The van der Waals surface area contributed by atoms with Crippen molar-refractivity contribution in [2.75, 3.05) is 31.9 Å². The highest BCUT2D eigenvalue weighted by molar-refractivity contribution is 7.89. The van der Waals surface area contributed by atoms with Crippen LogP contribution in [0.25, 0.3) is 0 Å². The Labute approximate surface area is 176 Å². The average molecular weight is 438 g/mol. The van der Waals surface area contributed by atoms with Crippen molar-refractivity contribution in [2.45, 2.75) is 32.1 Å². The van der Waals surface area contributed by atoms with Gasteiger partial charge in [-0.3, -0.25) is 14.5 Å². The molecular weight excluding hydrogens is 410 g/mol. The molecule has 0 bridgehead atoms. The van der Waals surface area contributed by atoms with Crippen LogP contribution >= 0.6 is 0 Å². The third kappa shape index (κ3) is 6.27. The second-order valence-corrected chi connectivity index (χ2v) is 9.50. The maximum atomic E-state index is 12.3. The monoisotopic (exact) mass is 437 g/mol. The zero-order chi connectivity index (χ0) is 21.6. The summed E-state index contributed by atoms with van der Waals surface area (Å²) in [4.78, 5) is 38.4. The molecule has 0 unspecified atom stereocenters. The molecule has 10 heteroatoms. The van der Waals surface area contributed by atoms with Gasteiger partial charge in [-0.25, -0.2) is 17.9 Å². The molecule has 0 aromatic heterocycles. The van der Waals surface area contributed by atoms with Crippen LogP contribution in [-0.4, -0.2) is 68.1 Å². The summed E-state index contributed by atoms with van der Waals surface area (Å²) in [5.41, 5.74) is 0. The lowest BCUT2D eigenvalue weighted by Crippen LogP contribution is -2.45. The zero-order valence-electron chi connectivity index (χ0n) is 16.8. The lowest BCUT2D eigenvalue weighted by Gasteiger charge is -2.31. The van der Waals surface area contributed by atoms with Crippen LogP contribution in [0, 0.1) is 5.92 Å². The minimum atomic E-state index is -3.60. The van der Waals surface area contributed by atoms with Crippen molar-refractivity contribution in [3.63, 3.8) is 0 Å². The number of likely N-dealkylation sites (tertiary alicyclic amines) is 2. The number of ether oxygens (including phenoxy) is 1. The van der Waals surface area contributed by atoms with Crippen molar-refractivity contribution >= 4 is 27.9 Å². The molecule has 2 heterocycles. The number of hydrogen-bond acceptors (Lipinski definition) is 6. The number of nitrogens with zero attached hydrogens (tertiary/aromatic N) is 2. The Balaban J connectivity index is 1.38. The summed E-state index contributed by atoms with van der Waals surface area (Å²) in [6.45, 7) is 1.15. The lowest BCUT2D eigenvalue weighted by molar-refractivity contribution is -0.147. The highest BCUT2D eigenvalue weighted by Gasteiger charge is 2.28. The van der Waals surface area contributed by atoms with Crippen LogP contribution in [0.1, 0.15) is 32.1 Å². The fourth-order valence-corrected chi connectivity index (χ4v) is 4.61. The molecule has 0 radical (unpaired) electrons. The Morgan fingerprint density at radius 3 is 2.33 bits per heavy atom. The minimum Gasteiger partial charge on any atom is -0.410 e. The molecule has 2 fully saturated rings. The van der Waals surface area contributed by atoms with Crippen molar-refractivity contribution < 1.29 is 27.5 Å². The Hall–Kier alpha value is -2.46. The molecule has 1 N–H and O–H groups in total. The maximum Gasteiger partial charge on any atom is 0.415 e. The first kappa shape index (κ1) is 22.2. The van der Waals surface area contributed by atoms with E-state index in [9.17, 15) is 22.8 Å². The summed E-state index contributed by atoms with van der Waals surface area (Å²) in [5.74, 6) is -0.318. The van der Waals surface area contributed by atoms with E-state index < -0.39 is 16.1 Å². The molecule has 1 aromatic carbocycles. The van der Waals surface area contributed by atoms with E-state index in [1.54, 1.807) is 29.2 Å². The summed E-state index contributed by atoms with van der Waals surface area (Å²) in [5, 5.41) is 0. The zero-order valence-corrected chi connectivity index (χ0v) is 17.6. The minimum absolute atomic E-state index is 0.110. The molecule has 164 valence electrons. The van der Waals surface area contributed by atoms with Crippen LogP contribution in [0.15, 0.2) is 30.3 Å². The second-order valence-electron chi connectivity index (χ2n) is 7.57. The molecule has 0 spiro atoms. The van der Waals surface area contributed by atoms with E-state index in [1.165, 1.54) is 0 Å². The largest absolute Gasteiger partial charge is 0.415 e. The van der Waals surface area contributed by atoms with Crippen LogP contribution in [0.3, 0.4) is 0 Å². The number of carbonyl (C=O) groups is 3. The van der Waals surface area contributed by atoms with Gasteiger partial charge >= 0.3 is 6.09 Å². The molecule has 9 nitrogen and oxygen atoms in total. The molecule has 30 heavy (non-hydrogen) atoms. The SMILES string of the molecule is O=C(Oc1ccccc1)N1CCC(CNS(=O)(=O)CCN2C(=O)CCCC2=O)CC1. The van der Waals surface area contributed by atoms with Crippen LogP contribution < -0.4 is 9.46 Å². The number of amides is 3. The quantitative estimate of drug-likeness (QED) is 0.645. The van der Waals surface area contributed by atoms with Gasteiger partial charge in [0.15, 0.2) is 0 Å². The third-order valence-electron chi connectivity index (χ3n) is 5.38. The van der Waals surface area contributed by atoms with Gasteiger partial charge in [-0.2, -0.15) is 0 Å². The molecule has 1 aromatic rings. The van der Waals surface area contributed by atoms with Gasteiger partial charge < -0.3 is 9.64 Å². The number of benzene rings is 1. The first-order valence-electron chi connectivity index (χ1n) is 10.2.